The summed E-state index contributed by atoms with van der Waals surface area (Å²) < 4.78 is 0. The highest BCUT2D eigenvalue weighted by molar-refractivity contribution is 6.33. The lowest BCUT2D eigenvalue weighted by atomic mass is 9.98. The molecule has 2 aromatic carbocycles. The van der Waals surface area contributed by atoms with E-state index in [-0.39, 0.29) is 24.8 Å². The molecule has 2 fully saturated rings. The third-order valence-corrected chi connectivity index (χ3v) is 6.49. The number of imide groups is 1. The van der Waals surface area contributed by atoms with Crippen LogP contribution >= 0.6 is 11.6 Å². The molecule has 0 atom stereocenters. The van der Waals surface area contributed by atoms with Crippen LogP contribution < -0.4 is 10.6 Å². The second-order valence-electron chi connectivity index (χ2n) is 8.27. The number of benzene rings is 2. The number of H-pyrrole nitrogens is 1. The van der Waals surface area contributed by atoms with Crippen LogP contribution in [0.25, 0.3) is 22.4 Å². The molecule has 2 aliphatic rings. The van der Waals surface area contributed by atoms with Crippen LogP contribution in [0.4, 0.5) is 10.5 Å². The lowest BCUT2D eigenvalue weighted by molar-refractivity contribution is -0.131. The first kappa shape index (κ1) is 20.5. The molecule has 1 aromatic heterocycles. The number of fused-ring (bicyclic) bond motifs is 1. The van der Waals surface area contributed by atoms with Gasteiger partial charge in [0.25, 0.3) is 5.91 Å². The zero-order valence-corrected chi connectivity index (χ0v) is 18.0. The van der Waals surface area contributed by atoms with Crippen molar-refractivity contribution in [3.63, 3.8) is 0 Å². The third kappa shape index (κ3) is 3.60. The zero-order chi connectivity index (χ0) is 22.3. The molecule has 8 nitrogen and oxygen atoms in total. The first-order valence-corrected chi connectivity index (χ1v) is 11.0. The lowest BCUT2D eigenvalue weighted by Gasteiger charge is -2.19. The quantitative estimate of drug-likeness (QED) is 0.508. The molecule has 1 aliphatic carbocycles. The fourth-order valence-electron chi connectivity index (χ4n) is 4.50. The maximum atomic E-state index is 12.7. The van der Waals surface area contributed by atoms with Gasteiger partial charge in [-0.05, 0) is 43.2 Å². The van der Waals surface area contributed by atoms with Gasteiger partial charge in [0.2, 0.25) is 5.91 Å². The minimum absolute atomic E-state index is 0.0289. The third-order valence-electron chi connectivity index (χ3n) is 6.16. The maximum Gasteiger partial charge on any atom is 0.325 e. The molecule has 1 spiro atoms. The molecule has 32 heavy (non-hydrogen) atoms. The number of rotatable bonds is 5. The molecule has 164 valence electrons. The van der Waals surface area contributed by atoms with Crippen molar-refractivity contribution in [2.45, 2.75) is 37.6 Å². The molecule has 4 amide bonds. The van der Waals surface area contributed by atoms with Crippen molar-refractivity contribution < 1.29 is 14.4 Å². The van der Waals surface area contributed by atoms with Gasteiger partial charge in [-0.15, -0.1) is 0 Å². The van der Waals surface area contributed by atoms with E-state index in [2.05, 4.69) is 20.6 Å². The molecule has 3 N–H and O–H groups in total. The average Bonchev–Trinajstić information content (AvgIpc) is 3.46. The molecule has 3 aromatic rings. The number of halogens is 1. The summed E-state index contributed by atoms with van der Waals surface area (Å²) in [5.74, 6) is 0.162. The van der Waals surface area contributed by atoms with Crippen molar-refractivity contribution in [3.8, 4) is 11.4 Å². The van der Waals surface area contributed by atoms with E-state index in [4.69, 9.17) is 11.6 Å². The van der Waals surface area contributed by atoms with E-state index in [1.165, 1.54) is 4.90 Å². The summed E-state index contributed by atoms with van der Waals surface area (Å²) in [5.41, 5.74) is 2.15. The van der Waals surface area contributed by atoms with Gasteiger partial charge in [-0.1, -0.05) is 36.6 Å². The molecule has 1 saturated carbocycles. The number of anilines is 1. The zero-order valence-electron chi connectivity index (χ0n) is 17.3. The molecule has 0 unspecified atom stereocenters. The number of nitrogens with zero attached hydrogens (tertiary/aromatic N) is 2. The number of hydrogen-bond acceptors (Lipinski definition) is 4. The summed E-state index contributed by atoms with van der Waals surface area (Å²) in [5, 5.41) is 6.25. The summed E-state index contributed by atoms with van der Waals surface area (Å²) in [6.07, 6.45) is 3.21. The number of nitrogens with one attached hydrogen (secondary N) is 3. The summed E-state index contributed by atoms with van der Waals surface area (Å²) >= 11 is 6.26. The van der Waals surface area contributed by atoms with Gasteiger partial charge in [0.05, 0.1) is 16.1 Å². The van der Waals surface area contributed by atoms with Gasteiger partial charge in [-0.3, -0.25) is 14.5 Å². The number of imidazole rings is 1. The topological polar surface area (TPSA) is 107 Å². The highest BCUT2D eigenvalue weighted by Crippen LogP contribution is 2.35. The van der Waals surface area contributed by atoms with E-state index in [0.29, 0.717) is 29.4 Å². The van der Waals surface area contributed by atoms with Gasteiger partial charge < -0.3 is 15.6 Å². The monoisotopic (exact) mass is 451 g/mol. The minimum Gasteiger partial charge on any atom is -0.338 e. The van der Waals surface area contributed by atoms with E-state index >= 15 is 0 Å². The van der Waals surface area contributed by atoms with Crippen molar-refractivity contribution in [3.05, 3.63) is 47.5 Å². The van der Waals surface area contributed by atoms with Crippen LogP contribution in [0.5, 0.6) is 0 Å². The van der Waals surface area contributed by atoms with Crippen LogP contribution in [0.3, 0.4) is 0 Å². The van der Waals surface area contributed by atoms with Gasteiger partial charge >= 0.3 is 6.03 Å². The minimum atomic E-state index is -0.751. The van der Waals surface area contributed by atoms with Gasteiger partial charge in [-0.2, -0.15) is 0 Å². The van der Waals surface area contributed by atoms with E-state index in [1.807, 2.05) is 24.3 Å². The van der Waals surface area contributed by atoms with Crippen LogP contribution in [0.1, 0.15) is 32.1 Å². The van der Waals surface area contributed by atoms with E-state index in [0.717, 1.165) is 29.4 Å². The summed E-state index contributed by atoms with van der Waals surface area (Å²) in [6, 6.07) is 12.4. The van der Waals surface area contributed by atoms with Gasteiger partial charge in [0, 0.05) is 24.2 Å². The smallest absolute Gasteiger partial charge is 0.325 e. The highest BCUT2D eigenvalue weighted by atomic mass is 35.5. The second-order valence-corrected chi connectivity index (χ2v) is 8.68. The van der Waals surface area contributed by atoms with Crippen LogP contribution in [0, 0.1) is 0 Å². The van der Waals surface area contributed by atoms with E-state index < -0.39 is 11.6 Å². The number of carbonyl (C=O) groups excluding carboxylic acids is 3. The fourth-order valence-corrected chi connectivity index (χ4v) is 4.73. The number of aromatic nitrogens is 2. The number of aromatic amines is 1. The highest BCUT2D eigenvalue weighted by Gasteiger charge is 2.52. The van der Waals surface area contributed by atoms with Crippen LogP contribution in [-0.2, 0) is 9.59 Å². The summed E-state index contributed by atoms with van der Waals surface area (Å²) in [4.78, 5) is 46.4. The Morgan fingerprint density at radius 3 is 2.72 bits per heavy atom. The first-order chi connectivity index (χ1) is 15.4. The second kappa shape index (κ2) is 7.94. The van der Waals surface area contributed by atoms with Crippen molar-refractivity contribution in [2.75, 3.05) is 11.9 Å². The van der Waals surface area contributed by atoms with Gasteiger partial charge in [0.1, 0.15) is 11.4 Å². The summed E-state index contributed by atoms with van der Waals surface area (Å²) in [7, 11) is 0. The van der Waals surface area contributed by atoms with Crippen molar-refractivity contribution in [1.29, 1.82) is 0 Å². The lowest BCUT2D eigenvalue weighted by Crippen LogP contribution is -2.44. The van der Waals surface area contributed by atoms with Crippen LogP contribution in [0.15, 0.2) is 42.5 Å². The molecule has 2 heterocycles. The Balaban J connectivity index is 1.24. The van der Waals surface area contributed by atoms with Crippen LogP contribution in [0.2, 0.25) is 5.02 Å². The predicted octanol–water partition coefficient (Wildman–Crippen LogP) is 4.08. The average molecular weight is 452 g/mol. The molecular weight excluding hydrogens is 430 g/mol. The van der Waals surface area contributed by atoms with Gasteiger partial charge in [0.15, 0.2) is 0 Å². The number of amides is 4. The van der Waals surface area contributed by atoms with E-state index in [1.54, 1.807) is 18.2 Å². The molecule has 0 bridgehead atoms. The molecule has 0 radical (unpaired) electrons. The molecule has 5 rings (SSSR count). The molecule has 9 heteroatoms. The Bertz CT molecular complexity index is 1230. The van der Waals surface area contributed by atoms with Crippen molar-refractivity contribution in [1.82, 2.24) is 20.2 Å². The normalized spacial score (nSPS) is 17.3. The first-order valence-electron chi connectivity index (χ1n) is 10.6. The standard InChI is InChI=1S/C23H22ClN5O3/c24-16-6-2-1-5-15(16)20-26-17-8-7-14(13-18(17)27-20)25-19(30)9-12-29-21(31)23(28-22(29)32)10-3-4-11-23/h1-2,5-8,13H,3-4,9-12H2,(H,25,30)(H,26,27)(H,28,32). The fraction of sp³-hybridized carbons (Fsp3) is 0.304. The Morgan fingerprint density at radius 1 is 1.16 bits per heavy atom. The Hall–Kier alpha value is -3.39. The van der Waals surface area contributed by atoms with Gasteiger partial charge in [-0.25, -0.2) is 9.78 Å². The molecule has 1 saturated heterocycles. The Morgan fingerprint density at radius 2 is 1.94 bits per heavy atom. The summed E-state index contributed by atoms with van der Waals surface area (Å²) in [6.45, 7) is 0.0568. The Kier molecular flexibility index (Phi) is 5.09. The number of urea groups is 1. The van der Waals surface area contributed by atoms with Crippen molar-refractivity contribution >= 4 is 46.2 Å². The van der Waals surface area contributed by atoms with Crippen molar-refractivity contribution in [2.24, 2.45) is 0 Å². The predicted molar refractivity (Wildman–Crippen MR) is 121 cm³/mol. The SMILES string of the molecule is O=C(CCN1C(=O)NC2(CCCC2)C1=O)Nc1ccc2nc(-c3ccccc3Cl)[nH]c2c1. The number of hydrogen-bond donors (Lipinski definition) is 3. The van der Waals surface area contributed by atoms with E-state index in [9.17, 15) is 14.4 Å². The maximum absolute atomic E-state index is 12.7. The Labute approximate surface area is 189 Å². The largest absolute Gasteiger partial charge is 0.338 e. The number of carbonyl (C=O) groups is 3. The molecular formula is C23H22ClN5O3. The molecule has 1 aliphatic heterocycles. The van der Waals surface area contributed by atoms with Crippen LogP contribution in [-0.4, -0.2) is 44.8 Å².